The van der Waals surface area contributed by atoms with E-state index in [2.05, 4.69) is 0 Å². The molecule has 108 valence electrons. The van der Waals surface area contributed by atoms with Gasteiger partial charge < -0.3 is 20.6 Å². The molecule has 1 aromatic rings. The van der Waals surface area contributed by atoms with E-state index in [1.807, 2.05) is 30.3 Å². The van der Waals surface area contributed by atoms with Gasteiger partial charge >= 0.3 is 0 Å². The van der Waals surface area contributed by atoms with Gasteiger partial charge in [-0.25, -0.2) is 0 Å². The predicted molar refractivity (Wildman–Crippen MR) is 75.0 cm³/mol. The summed E-state index contributed by atoms with van der Waals surface area (Å²) >= 11 is 0. The van der Waals surface area contributed by atoms with Crippen molar-refractivity contribution >= 4 is 17.5 Å². The first kappa shape index (κ1) is 14.5. The molecule has 6 nitrogen and oxygen atoms in total. The van der Waals surface area contributed by atoms with E-state index in [1.165, 1.54) is 11.8 Å². The molecule has 0 aliphatic carbocycles. The molecule has 1 saturated heterocycles. The van der Waals surface area contributed by atoms with Gasteiger partial charge in [0.2, 0.25) is 11.8 Å². The Kier molecular flexibility index (Phi) is 4.36. The molecule has 2 amide bonds. The number of anilines is 1. The molecule has 1 aliphatic heterocycles. The minimum Gasteiger partial charge on any atom is -0.391 e. The van der Waals surface area contributed by atoms with Crippen molar-refractivity contribution in [1.29, 1.82) is 0 Å². The summed E-state index contributed by atoms with van der Waals surface area (Å²) in [6, 6.07) is 8.35. The molecule has 1 aromatic carbocycles. The maximum atomic E-state index is 12.1. The first-order valence-electron chi connectivity index (χ1n) is 6.58. The van der Waals surface area contributed by atoms with Crippen LogP contribution in [0.1, 0.15) is 6.92 Å². The van der Waals surface area contributed by atoms with Gasteiger partial charge in [-0.15, -0.1) is 0 Å². The molecular formula is C14H19N3O3. The minimum absolute atomic E-state index is 0.00581. The van der Waals surface area contributed by atoms with E-state index in [4.69, 9.17) is 5.73 Å². The van der Waals surface area contributed by atoms with Crippen LogP contribution in [0.25, 0.3) is 0 Å². The van der Waals surface area contributed by atoms with Gasteiger partial charge in [0.15, 0.2) is 0 Å². The number of nitrogens with zero attached hydrogens (tertiary/aromatic N) is 2. The number of aliphatic hydroxyl groups excluding tert-OH is 1. The van der Waals surface area contributed by atoms with E-state index in [-0.39, 0.29) is 18.4 Å². The highest BCUT2D eigenvalue weighted by atomic mass is 16.3. The van der Waals surface area contributed by atoms with Crippen molar-refractivity contribution in [1.82, 2.24) is 4.90 Å². The summed E-state index contributed by atoms with van der Waals surface area (Å²) in [5.74, 6) is -0.533. The van der Waals surface area contributed by atoms with E-state index in [0.29, 0.717) is 13.1 Å². The third-order valence-corrected chi connectivity index (χ3v) is 3.41. The minimum atomic E-state index is -0.980. The predicted octanol–water partition coefficient (Wildman–Crippen LogP) is -0.430. The molecule has 0 saturated carbocycles. The van der Waals surface area contributed by atoms with Crippen LogP contribution >= 0.6 is 0 Å². The van der Waals surface area contributed by atoms with Gasteiger partial charge in [-0.3, -0.25) is 9.59 Å². The number of carbonyl (C=O) groups is 2. The number of para-hydroxylation sites is 1. The van der Waals surface area contributed by atoms with E-state index in [1.54, 1.807) is 4.90 Å². The van der Waals surface area contributed by atoms with E-state index < -0.39 is 12.1 Å². The molecule has 1 fully saturated rings. The average molecular weight is 277 g/mol. The zero-order valence-corrected chi connectivity index (χ0v) is 11.4. The number of nitrogens with two attached hydrogens (primary N) is 1. The normalized spacial score (nSPS) is 18.9. The van der Waals surface area contributed by atoms with Crippen LogP contribution < -0.4 is 10.6 Å². The van der Waals surface area contributed by atoms with Crippen LogP contribution in [0.15, 0.2) is 30.3 Å². The third kappa shape index (κ3) is 2.97. The molecule has 1 heterocycles. The second-order valence-corrected chi connectivity index (χ2v) is 4.91. The van der Waals surface area contributed by atoms with Crippen molar-refractivity contribution in [3.05, 3.63) is 30.3 Å². The number of aliphatic hydroxyl groups is 1. The first-order valence-corrected chi connectivity index (χ1v) is 6.58. The molecule has 0 spiro atoms. The highest BCUT2D eigenvalue weighted by molar-refractivity contribution is 5.98. The number of piperazine rings is 1. The van der Waals surface area contributed by atoms with Crippen molar-refractivity contribution in [3.63, 3.8) is 0 Å². The summed E-state index contributed by atoms with van der Waals surface area (Å²) in [7, 11) is 0. The lowest BCUT2D eigenvalue weighted by atomic mass is 10.1. The van der Waals surface area contributed by atoms with E-state index >= 15 is 0 Å². The van der Waals surface area contributed by atoms with E-state index in [9.17, 15) is 14.7 Å². The molecule has 0 aromatic heterocycles. The Morgan fingerprint density at radius 1 is 1.30 bits per heavy atom. The van der Waals surface area contributed by atoms with Crippen LogP contribution in [0.4, 0.5) is 5.69 Å². The lowest BCUT2D eigenvalue weighted by Crippen LogP contribution is -2.57. The summed E-state index contributed by atoms with van der Waals surface area (Å²) in [6.45, 7) is 2.31. The zero-order chi connectivity index (χ0) is 14.7. The van der Waals surface area contributed by atoms with Crippen LogP contribution in [0.5, 0.6) is 0 Å². The number of hydrogen-bond donors (Lipinski definition) is 2. The molecular weight excluding hydrogens is 258 g/mol. The van der Waals surface area contributed by atoms with Crippen LogP contribution in [0.3, 0.4) is 0 Å². The fraction of sp³-hybridized carbons (Fsp3) is 0.429. The Morgan fingerprint density at radius 3 is 2.50 bits per heavy atom. The quantitative estimate of drug-likeness (QED) is 0.785. The molecule has 2 rings (SSSR count). The van der Waals surface area contributed by atoms with E-state index in [0.717, 1.165) is 5.69 Å². The fourth-order valence-electron chi connectivity index (χ4n) is 2.16. The summed E-state index contributed by atoms with van der Waals surface area (Å²) in [5, 5.41) is 9.35. The topological polar surface area (TPSA) is 86.9 Å². The van der Waals surface area contributed by atoms with Gasteiger partial charge in [0.25, 0.3) is 0 Å². The number of benzene rings is 1. The van der Waals surface area contributed by atoms with Crippen LogP contribution in [0, 0.1) is 0 Å². The number of hydrogen-bond acceptors (Lipinski definition) is 4. The molecule has 0 bridgehead atoms. The number of rotatable bonds is 3. The van der Waals surface area contributed by atoms with Crippen molar-refractivity contribution in [2.24, 2.45) is 5.73 Å². The Labute approximate surface area is 117 Å². The Morgan fingerprint density at radius 2 is 1.95 bits per heavy atom. The second kappa shape index (κ2) is 6.02. The van der Waals surface area contributed by atoms with Crippen LogP contribution in [-0.4, -0.2) is 53.6 Å². The molecule has 20 heavy (non-hydrogen) atoms. The second-order valence-electron chi connectivity index (χ2n) is 4.91. The van der Waals surface area contributed by atoms with Gasteiger partial charge in [-0.1, -0.05) is 18.2 Å². The smallest absolute Gasteiger partial charge is 0.246 e. The monoisotopic (exact) mass is 277 g/mol. The average Bonchev–Trinajstić information content (AvgIpc) is 2.46. The van der Waals surface area contributed by atoms with Crippen molar-refractivity contribution in [2.45, 2.75) is 19.1 Å². The molecule has 3 N–H and O–H groups in total. The fourth-order valence-corrected chi connectivity index (χ4v) is 2.16. The SMILES string of the molecule is C[C@@H](O)[C@H](N)C(=O)N1CCN(c2ccccc2)C(=O)C1. The molecule has 2 atom stereocenters. The van der Waals surface area contributed by atoms with Gasteiger partial charge in [0, 0.05) is 18.8 Å². The van der Waals surface area contributed by atoms with Gasteiger partial charge in [-0.05, 0) is 19.1 Å². The van der Waals surface area contributed by atoms with Crippen molar-refractivity contribution < 1.29 is 14.7 Å². The zero-order valence-electron chi connectivity index (χ0n) is 11.4. The third-order valence-electron chi connectivity index (χ3n) is 3.41. The number of amides is 2. The van der Waals surface area contributed by atoms with Crippen molar-refractivity contribution in [3.8, 4) is 0 Å². The van der Waals surface area contributed by atoms with Gasteiger partial charge in [0.1, 0.15) is 12.6 Å². The maximum Gasteiger partial charge on any atom is 0.246 e. The highest BCUT2D eigenvalue weighted by Gasteiger charge is 2.31. The standard InChI is InChI=1S/C14H19N3O3/c1-10(18)13(15)14(20)16-7-8-17(12(19)9-16)11-5-3-2-4-6-11/h2-6,10,13,18H,7-9,15H2,1H3/t10-,13+/m1/s1. The largest absolute Gasteiger partial charge is 0.391 e. The Hall–Kier alpha value is -1.92. The van der Waals surface area contributed by atoms with Crippen molar-refractivity contribution in [2.75, 3.05) is 24.5 Å². The van der Waals surface area contributed by atoms with Crippen LogP contribution in [0.2, 0.25) is 0 Å². The molecule has 6 heteroatoms. The van der Waals surface area contributed by atoms with Gasteiger partial charge in [-0.2, -0.15) is 0 Å². The Balaban J connectivity index is 2.03. The summed E-state index contributed by atoms with van der Waals surface area (Å²) in [6.07, 6.45) is -0.926. The lowest BCUT2D eigenvalue weighted by molar-refractivity contribution is -0.139. The highest BCUT2D eigenvalue weighted by Crippen LogP contribution is 2.17. The van der Waals surface area contributed by atoms with Gasteiger partial charge in [0.05, 0.1) is 6.10 Å². The summed E-state index contributed by atoms with van der Waals surface area (Å²) in [4.78, 5) is 27.2. The molecule has 0 unspecified atom stereocenters. The first-order chi connectivity index (χ1) is 9.50. The maximum absolute atomic E-state index is 12.1. The molecule has 0 radical (unpaired) electrons. The lowest BCUT2D eigenvalue weighted by Gasteiger charge is -2.35. The molecule has 1 aliphatic rings. The number of carbonyl (C=O) groups excluding carboxylic acids is 2. The summed E-state index contributed by atoms with van der Waals surface area (Å²) < 4.78 is 0. The Bertz CT molecular complexity index is 490. The summed E-state index contributed by atoms with van der Waals surface area (Å²) in [5.41, 5.74) is 6.44. The van der Waals surface area contributed by atoms with Crippen LogP contribution in [-0.2, 0) is 9.59 Å².